The van der Waals surface area contributed by atoms with Gasteiger partial charge in [-0.15, -0.1) is 0 Å². The largest absolute Gasteiger partial charge is 0.425 e. The molecule has 2 aromatic rings. The number of aromatic nitrogens is 1. The summed E-state index contributed by atoms with van der Waals surface area (Å²) in [6, 6.07) is 5.33. The fraction of sp³-hybridized carbons (Fsp3) is 0.333. The van der Waals surface area contributed by atoms with E-state index in [4.69, 9.17) is 20.9 Å². The van der Waals surface area contributed by atoms with Gasteiger partial charge < -0.3 is 9.26 Å². The lowest BCUT2D eigenvalue weighted by Crippen LogP contribution is -2.10. The lowest BCUT2D eigenvalue weighted by molar-refractivity contribution is -0.134. The Balaban J connectivity index is 1.98. The van der Waals surface area contributed by atoms with Crippen molar-refractivity contribution in [2.75, 3.05) is 0 Å². The minimum Gasteiger partial charge on any atom is -0.425 e. The molecule has 0 aliphatic rings. The summed E-state index contributed by atoms with van der Waals surface area (Å²) in [6.07, 6.45) is 0.802. The van der Waals surface area contributed by atoms with E-state index in [0.29, 0.717) is 17.2 Å². The van der Waals surface area contributed by atoms with Crippen LogP contribution in [0.5, 0.6) is 5.75 Å². The molecule has 106 valence electrons. The number of carbonyl (C=O) groups excluding carboxylic acids is 1. The smallest absolute Gasteiger partial charge is 0.311 e. The highest BCUT2D eigenvalue weighted by Crippen LogP contribution is 2.26. The van der Waals surface area contributed by atoms with E-state index in [1.54, 1.807) is 12.1 Å². The lowest BCUT2D eigenvalue weighted by Gasteiger charge is -2.07. The van der Waals surface area contributed by atoms with Crippen LogP contribution >= 0.6 is 11.6 Å². The first-order valence-electron chi connectivity index (χ1n) is 6.36. The molecular weight excluding hydrogens is 278 g/mol. The van der Waals surface area contributed by atoms with E-state index < -0.39 is 0 Å². The standard InChI is InChI=1S/C15H16ClNO3/c1-9-4-6-13(16)14(8-9)19-15(18)7-5-12-10(2)17-20-11(12)3/h4,6,8H,5,7H2,1-3H3. The summed E-state index contributed by atoms with van der Waals surface area (Å²) in [5, 5.41) is 4.29. The monoisotopic (exact) mass is 293 g/mol. The Hall–Kier alpha value is -1.81. The zero-order chi connectivity index (χ0) is 14.7. The molecule has 5 heteroatoms. The molecular formula is C15H16ClNO3. The molecule has 1 aromatic heterocycles. The molecule has 0 spiro atoms. The van der Waals surface area contributed by atoms with Crippen LogP contribution < -0.4 is 4.74 Å². The average Bonchev–Trinajstić information content (AvgIpc) is 2.71. The molecule has 20 heavy (non-hydrogen) atoms. The Morgan fingerprint density at radius 2 is 2.10 bits per heavy atom. The van der Waals surface area contributed by atoms with Crippen LogP contribution in [0.3, 0.4) is 0 Å². The van der Waals surface area contributed by atoms with Gasteiger partial charge in [0.05, 0.1) is 17.1 Å². The molecule has 0 saturated heterocycles. The van der Waals surface area contributed by atoms with Crippen molar-refractivity contribution in [2.24, 2.45) is 0 Å². The summed E-state index contributed by atoms with van der Waals surface area (Å²) in [5.41, 5.74) is 2.75. The normalized spacial score (nSPS) is 10.6. The molecule has 0 amide bonds. The van der Waals surface area contributed by atoms with Crippen molar-refractivity contribution >= 4 is 17.6 Å². The molecule has 0 fully saturated rings. The van der Waals surface area contributed by atoms with E-state index in [1.165, 1.54) is 0 Å². The summed E-state index contributed by atoms with van der Waals surface area (Å²) in [4.78, 5) is 11.9. The van der Waals surface area contributed by atoms with Gasteiger partial charge in [0.25, 0.3) is 0 Å². The number of hydrogen-bond donors (Lipinski definition) is 0. The van der Waals surface area contributed by atoms with Crippen LogP contribution in [0.25, 0.3) is 0 Å². The summed E-state index contributed by atoms with van der Waals surface area (Å²) in [6.45, 7) is 5.60. The minimum atomic E-state index is -0.322. The van der Waals surface area contributed by atoms with E-state index in [0.717, 1.165) is 22.6 Å². The van der Waals surface area contributed by atoms with Gasteiger partial charge in [-0.1, -0.05) is 22.8 Å². The molecule has 0 saturated carbocycles. The van der Waals surface area contributed by atoms with Gasteiger partial charge in [0.2, 0.25) is 0 Å². The number of aryl methyl sites for hydroxylation is 3. The lowest BCUT2D eigenvalue weighted by atomic mass is 10.1. The summed E-state index contributed by atoms with van der Waals surface area (Å²) in [5.74, 6) is 0.816. The zero-order valence-electron chi connectivity index (χ0n) is 11.7. The number of hydrogen-bond acceptors (Lipinski definition) is 4. The van der Waals surface area contributed by atoms with Crippen molar-refractivity contribution in [2.45, 2.75) is 33.6 Å². The second kappa shape index (κ2) is 6.09. The number of benzene rings is 1. The second-order valence-corrected chi connectivity index (χ2v) is 5.12. The van der Waals surface area contributed by atoms with Crippen molar-refractivity contribution in [1.82, 2.24) is 5.16 Å². The number of ether oxygens (including phenoxy) is 1. The third-order valence-corrected chi connectivity index (χ3v) is 3.38. The molecule has 0 aliphatic heterocycles. The van der Waals surface area contributed by atoms with Gasteiger partial charge in [0, 0.05) is 5.56 Å². The molecule has 4 nitrogen and oxygen atoms in total. The zero-order valence-corrected chi connectivity index (χ0v) is 12.5. The third-order valence-electron chi connectivity index (χ3n) is 3.07. The van der Waals surface area contributed by atoms with Crippen molar-refractivity contribution < 1.29 is 14.1 Å². The molecule has 1 heterocycles. The summed E-state index contributed by atoms with van der Waals surface area (Å²) in [7, 11) is 0. The van der Waals surface area contributed by atoms with Gasteiger partial charge in [0.1, 0.15) is 11.5 Å². The van der Waals surface area contributed by atoms with Crippen LogP contribution in [-0.4, -0.2) is 11.1 Å². The Morgan fingerprint density at radius 3 is 2.75 bits per heavy atom. The van der Waals surface area contributed by atoms with E-state index >= 15 is 0 Å². The molecule has 0 atom stereocenters. The first kappa shape index (κ1) is 14.6. The van der Waals surface area contributed by atoms with Crippen LogP contribution in [0.15, 0.2) is 22.7 Å². The SMILES string of the molecule is Cc1ccc(Cl)c(OC(=O)CCc2c(C)noc2C)c1. The maximum Gasteiger partial charge on any atom is 0.311 e. The van der Waals surface area contributed by atoms with Gasteiger partial charge in [-0.25, -0.2) is 0 Å². The molecule has 2 rings (SSSR count). The van der Waals surface area contributed by atoms with Gasteiger partial charge in [-0.05, 0) is 44.9 Å². The number of halogens is 1. The molecule has 1 aromatic carbocycles. The summed E-state index contributed by atoms with van der Waals surface area (Å²) < 4.78 is 10.3. The maximum absolute atomic E-state index is 11.9. The Labute approximate surface area is 122 Å². The number of esters is 1. The maximum atomic E-state index is 11.9. The van der Waals surface area contributed by atoms with Crippen LogP contribution in [-0.2, 0) is 11.2 Å². The van der Waals surface area contributed by atoms with E-state index in [-0.39, 0.29) is 12.4 Å². The van der Waals surface area contributed by atoms with Crippen molar-refractivity contribution in [3.05, 3.63) is 45.8 Å². The highest BCUT2D eigenvalue weighted by Gasteiger charge is 2.13. The van der Waals surface area contributed by atoms with Gasteiger partial charge in [-0.3, -0.25) is 4.79 Å². The van der Waals surface area contributed by atoms with Crippen LogP contribution in [0.1, 0.15) is 29.0 Å². The van der Waals surface area contributed by atoms with Crippen LogP contribution in [0, 0.1) is 20.8 Å². The molecule has 0 unspecified atom stereocenters. The Bertz CT molecular complexity index is 615. The summed E-state index contributed by atoms with van der Waals surface area (Å²) >= 11 is 5.99. The van der Waals surface area contributed by atoms with Gasteiger partial charge in [0.15, 0.2) is 0 Å². The Morgan fingerprint density at radius 1 is 1.35 bits per heavy atom. The minimum absolute atomic E-state index is 0.257. The molecule has 0 radical (unpaired) electrons. The highest BCUT2D eigenvalue weighted by molar-refractivity contribution is 6.32. The van der Waals surface area contributed by atoms with Gasteiger partial charge >= 0.3 is 5.97 Å². The topological polar surface area (TPSA) is 52.3 Å². The van der Waals surface area contributed by atoms with Crippen molar-refractivity contribution in [1.29, 1.82) is 0 Å². The first-order valence-corrected chi connectivity index (χ1v) is 6.73. The predicted molar refractivity (Wildman–Crippen MR) is 76.1 cm³/mol. The Kier molecular flexibility index (Phi) is 4.45. The predicted octanol–water partition coefficient (Wildman–Crippen LogP) is 3.79. The fourth-order valence-corrected chi connectivity index (χ4v) is 2.10. The third kappa shape index (κ3) is 3.39. The number of carbonyl (C=O) groups is 1. The highest BCUT2D eigenvalue weighted by atomic mass is 35.5. The average molecular weight is 294 g/mol. The van der Waals surface area contributed by atoms with Gasteiger partial charge in [-0.2, -0.15) is 0 Å². The van der Waals surface area contributed by atoms with Crippen molar-refractivity contribution in [3.8, 4) is 5.75 Å². The second-order valence-electron chi connectivity index (χ2n) is 4.71. The number of rotatable bonds is 4. The molecule has 0 bridgehead atoms. The number of nitrogens with zero attached hydrogens (tertiary/aromatic N) is 1. The van der Waals surface area contributed by atoms with Crippen molar-refractivity contribution in [3.63, 3.8) is 0 Å². The van der Waals surface area contributed by atoms with Crippen LogP contribution in [0.4, 0.5) is 0 Å². The van der Waals surface area contributed by atoms with E-state index in [1.807, 2.05) is 26.8 Å². The fourth-order valence-electron chi connectivity index (χ4n) is 1.95. The molecule has 0 aliphatic carbocycles. The van der Waals surface area contributed by atoms with E-state index in [9.17, 15) is 4.79 Å². The molecule has 0 N–H and O–H groups in total. The van der Waals surface area contributed by atoms with Crippen LogP contribution in [0.2, 0.25) is 5.02 Å². The van der Waals surface area contributed by atoms with E-state index in [2.05, 4.69) is 5.16 Å². The quantitative estimate of drug-likeness (QED) is 0.636. The first-order chi connectivity index (χ1) is 9.47.